The number of rotatable bonds is 2. The molecule has 0 bridgehead atoms. The molecule has 0 amide bonds. The van der Waals surface area contributed by atoms with Crippen LogP contribution in [0.3, 0.4) is 0 Å². The van der Waals surface area contributed by atoms with Crippen molar-refractivity contribution in [2.75, 3.05) is 11.9 Å². The molecule has 0 fully saturated rings. The number of benzene rings is 1. The molecular weight excluding hydrogens is 214 g/mol. The highest BCUT2D eigenvalue weighted by Gasteiger charge is 2.10. The third kappa shape index (κ3) is 3.21. The van der Waals surface area contributed by atoms with Crippen LogP contribution in [0.2, 0.25) is 0 Å². The SMILES string of the molecule is CCc1ccc(N(C)C(=N)NC(=N)N)c(C)c1. The van der Waals surface area contributed by atoms with Crippen molar-refractivity contribution in [2.24, 2.45) is 5.73 Å². The van der Waals surface area contributed by atoms with E-state index in [0.29, 0.717) is 0 Å². The van der Waals surface area contributed by atoms with Crippen LogP contribution in [-0.4, -0.2) is 19.0 Å². The predicted molar refractivity (Wildman–Crippen MR) is 71.7 cm³/mol. The van der Waals surface area contributed by atoms with Gasteiger partial charge in [-0.2, -0.15) is 0 Å². The Labute approximate surface area is 102 Å². The molecule has 0 radical (unpaired) electrons. The molecule has 1 aromatic carbocycles. The molecule has 5 nitrogen and oxygen atoms in total. The summed E-state index contributed by atoms with van der Waals surface area (Å²) in [7, 11) is 1.77. The Hall–Kier alpha value is -2.04. The molecule has 1 rings (SSSR count). The molecule has 0 saturated heterocycles. The molecule has 92 valence electrons. The number of hydrogen-bond donors (Lipinski definition) is 4. The summed E-state index contributed by atoms with van der Waals surface area (Å²) >= 11 is 0. The molecule has 0 atom stereocenters. The second kappa shape index (κ2) is 5.34. The number of hydrogen-bond acceptors (Lipinski definition) is 2. The van der Waals surface area contributed by atoms with E-state index >= 15 is 0 Å². The van der Waals surface area contributed by atoms with Gasteiger partial charge >= 0.3 is 0 Å². The van der Waals surface area contributed by atoms with Gasteiger partial charge in [0.2, 0.25) is 5.96 Å². The summed E-state index contributed by atoms with van der Waals surface area (Å²) in [6, 6.07) is 6.12. The second-order valence-electron chi connectivity index (χ2n) is 3.92. The summed E-state index contributed by atoms with van der Waals surface area (Å²) in [6.45, 7) is 4.11. The van der Waals surface area contributed by atoms with Crippen molar-refractivity contribution in [3.8, 4) is 0 Å². The van der Waals surface area contributed by atoms with Gasteiger partial charge in [-0.1, -0.05) is 19.1 Å². The van der Waals surface area contributed by atoms with Gasteiger partial charge in [-0.15, -0.1) is 0 Å². The van der Waals surface area contributed by atoms with Crippen LogP contribution in [-0.2, 0) is 6.42 Å². The molecule has 0 aliphatic heterocycles. The smallest absolute Gasteiger partial charge is 0.202 e. The normalized spacial score (nSPS) is 9.82. The highest BCUT2D eigenvalue weighted by molar-refractivity contribution is 6.03. The Morgan fingerprint density at radius 2 is 2.06 bits per heavy atom. The fourth-order valence-corrected chi connectivity index (χ4v) is 1.65. The van der Waals surface area contributed by atoms with E-state index in [1.807, 2.05) is 19.1 Å². The van der Waals surface area contributed by atoms with Crippen molar-refractivity contribution in [1.29, 1.82) is 10.8 Å². The fourth-order valence-electron chi connectivity index (χ4n) is 1.65. The number of nitrogens with zero attached hydrogens (tertiary/aromatic N) is 1. The summed E-state index contributed by atoms with van der Waals surface area (Å²) in [5, 5.41) is 17.3. The van der Waals surface area contributed by atoms with Gasteiger partial charge in [0.1, 0.15) is 0 Å². The first-order valence-electron chi connectivity index (χ1n) is 5.48. The zero-order valence-electron chi connectivity index (χ0n) is 10.5. The van der Waals surface area contributed by atoms with Gasteiger partial charge in [0.25, 0.3) is 0 Å². The lowest BCUT2D eigenvalue weighted by Crippen LogP contribution is -2.44. The number of nitrogens with two attached hydrogens (primary N) is 1. The van der Waals surface area contributed by atoms with E-state index in [9.17, 15) is 0 Å². The lowest BCUT2D eigenvalue weighted by Gasteiger charge is -2.22. The molecule has 0 saturated carbocycles. The largest absolute Gasteiger partial charge is 0.370 e. The van der Waals surface area contributed by atoms with Crippen molar-refractivity contribution < 1.29 is 0 Å². The molecular formula is C12H19N5. The minimum Gasteiger partial charge on any atom is -0.370 e. The Bertz CT molecular complexity index is 439. The van der Waals surface area contributed by atoms with Gasteiger partial charge in [-0.3, -0.25) is 16.1 Å². The monoisotopic (exact) mass is 233 g/mol. The molecule has 17 heavy (non-hydrogen) atoms. The maximum atomic E-state index is 7.75. The minimum atomic E-state index is -0.232. The highest BCUT2D eigenvalue weighted by atomic mass is 15.3. The van der Waals surface area contributed by atoms with Crippen LogP contribution in [0, 0.1) is 17.7 Å². The van der Waals surface area contributed by atoms with Gasteiger partial charge in [0.15, 0.2) is 5.96 Å². The van der Waals surface area contributed by atoms with Crippen molar-refractivity contribution >= 4 is 17.6 Å². The highest BCUT2D eigenvalue weighted by Crippen LogP contribution is 2.20. The zero-order valence-corrected chi connectivity index (χ0v) is 10.5. The summed E-state index contributed by atoms with van der Waals surface area (Å²) in [4.78, 5) is 1.66. The molecule has 0 unspecified atom stereocenters. The van der Waals surface area contributed by atoms with Crippen LogP contribution in [0.25, 0.3) is 0 Å². The number of guanidine groups is 2. The zero-order chi connectivity index (χ0) is 13.0. The average molecular weight is 233 g/mol. The van der Waals surface area contributed by atoms with Gasteiger partial charge in [-0.25, -0.2) is 0 Å². The van der Waals surface area contributed by atoms with Gasteiger partial charge in [0.05, 0.1) is 0 Å². The topological polar surface area (TPSA) is 89.0 Å². The summed E-state index contributed by atoms with van der Waals surface area (Å²) < 4.78 is 0. The van der Waals surface area contributed by atoms with Crippen molar-refractivity contribution in [3.05, 3.63) is 29.3 Å². The minimum absolute atomic E-state index is 0.0878. The van der Waals surface area contributed by atoms with Gasteiger partial charge < -0.3 is 10.6 Å². The van der Waals surface area contributed by atoms with Gasteiger partial charge in [-0.05, 0) is 30.5 Å². The maximum Gasteiger partial charge on any atom is 0.202 e. The van der Waals surface area contributed by atoms with Crippen LogP contribution in [0.15, 0.2) is 18.2 Å². The third-order valence-corrected chi connectivity index (χ3v) is 2.62. The molecule has 5 N–H and O–H groups in total. The number of aryl methyl sites for hydroxylation is 2. The van der Waals surface area contributed by atoms with E-state index < -0.39 is 0 Å². The summed E-state index contributed by atoms with van der Waals surface area (Å²) in [5.41, 5.74) is 8.50. The second-order valence-corrected chi connectivity index (χ2v) is 3.92. The molecule has 0 aliphatic carbocycles. The van der Waals surface area contributed by atoms with Crippen molar-refractivity contribution in [1.82, 2.24) is 5.32 Å². The molecule has 0 heterocycles. The number of nitrogens with one attached hydrogen (secondary N) is 3. The Balaban J connectivity index is 2.92. The summed E-state index contributed by atoms with van der Waals surface area (Å²) in [6.07, 6.45) is 0.994. The fraction of sp³-hybridized carbons (Fsp3) is 0.333. The van der Waals surface area contributed by atoms with Crippen LogP contribution >= 0.6 is 0 Å². The standard InChI is InChI=1S/C12H19N5/c1-4-9-5-6-10(8(2)7-9)17(3)12(15)16-11(13)14/h5-7H,4H2,1-3H3,(H5,13,14,15,16). The summed E-state index contributed by atoms with van der Waals surface area (Å²) in [5.74, 6) is -0.144. The molecule has 1 aromatic rings. The first-order valence-corrected chi connectivity index (χ1v) is 5.48. The molecule has 0 spiro atoms. The maximum absolute atomic E-state index is 7.75. The van der Waals surface area contributed by atoms with E-state index in [-0.39, 0.29) is 11.9 Å². The first-order chi connectivity index (χ1) is 7.95. The molecule has 0 aromatic heterocycles. The molecule has 5 heteroatoms. The Morgan fingerprint density at radius 3 is 2.53 bits per heavy atom. The Morgan fingerprint density at radius 1 is 1.41 bits per heavy atom. The van der Waals surface area contributed by atoms with E-state index in [1.54, 1.807) is 11.9 Å². The number of anilines is 1. The quantitative estimate of drug-likeness (QED) is 0.460. The van der Waals surface area contributed by atoms with Crippen molar-refractivity contribution in [2.45, 2.75) is 20.3 Å². The third-order valence-electron chi connectivity index (χ3n) is 2.62. The van der Waals surface area contributed by atoms with Crippen LogP contribution in [0.1, 0.15) is 18.1 Å². The van der Waals surface area contributed by atoms with Gasteiger partial charge in [0, 0.05) is 12.7 Å². The van der Waals surface area contributed by atoms with E-state index in [0.717, 1.165) is 17.7 Å². The predicted octanol–water partition coefficient (Wildman–Crippen LogP) is 1.41. The van der Waals surface area contributed by atoms with Crippen LogP contribution in [0.4, 0.5) is 5.69 Å². The van der Waals surface area contributed by atoms with Crippen LogP contribution in [0.5, 0.6) is 0 Å². The van der Waals surface area contributed by atoms with E-state index in [2.05, 4.69) is 18.3 Å². The average Bonchev–Trinajstić information content (AvgIpc) is 2.27. The lowest BCUT2D eigenvalue weighted by molar-refractivity contribution is 1.09. The molecule has 0 aliphatic rings. The first kappa shape index (κ1) is 13.0. The van der Waals surface area contributed by atoms with Crippen molar-refractivity contribution in [3.63, 3.8) is 0 Å². The van der Waals surface area contributed by atoms with E-state index in [1.165, 1.54) is 5.56 Å². The lowest BCUT2D eigenvalue weighted by atomic mass is 10.1. The van der Waals surface area contributed by atoms with E-state index in [4.69, 9.17) is 16.6 Å². The Kier molecular flexibility index (Phi) is 4.09. The van der Waals surface area contributed by atoms with Crippen LogP contribution < -0.4 is 16.0 Å².